The summed E-state index contributed by atoms with van der Waals surface area (Å²) in [7, 11) is 0. The van der Waals surface area contributed by atoms with E-state index in [0.29, 0.717) is 21.6 Å². The first kappa shape index (κ1) is 14.8. The fraction of sp³-hybridized carbons (Fsp3) is 0.529. The zero-order valence-corrected chi connectivity index (χ0v) is 13.8. The number of amides is 1. The van der Waals surface area contributed by atoms with Gasteiger partial charge in [-0.15, -0.1) is 11.3 Å². The average Bonchev–Trinajstić information content (AvgIpc) is 3.13. The summed E-state index contributed by atoms with van der Waals surface area (Å²) in [6, 6.07) is 1.77. The summed E-state index contributed by atoms with van der Waals surface area (Å²) in [6.07, 6.45) is 11.7. The molecule has 4 rings (SSSR count). The minimum Gasteiger partial charge on any atom is -0.351 e. The van der Waals surface area contributed by atoms with Crippen LogP contribution in [0, 0.1) is 17.8 Å². The van der Waals surface area contributed by atoms with Crippen molar-refractivity contribution in [3.63, 3.8) is 0 Å². The van der Waals surface area contributed by atoms with E-state index in [1.807, 2.05) is 0 Å². The maximum Gasteiger partial charge on any atom is 0.263 e. The topological polar surface area (TPSA) is 67.8 Å². The second-order valence-corrected chi connectivity index (χ2v) is 7.54. The number of hydrogen-bond donors (Lipinski definition) is 1. The molecular formula is C17H20N4OS. The Morgan fingerprint density at radius 1 is 1.17 bits per heavy atom. The molecule has 2 aromatic heterocycles. The maximum atomic E-state index is 12.4. The summed E-state index contributed by atoms with van der Waals surface area (Å²) >= 11 is 1.35. The van der Waals surface area contributed by atoms with E-state index in [9.17, 15) is 4.79 Å². The van der Waals surface area contributed by atoms with E-state index in [1.54, 1.807) is 24.7 Å². The molecule has 6 heteroatoms. The van der Waals surface area contributed by atoms with Crippen molar-refractivity contribution in [3.05, 3.63) is 29.5 Å². The lowest BCUT2D eigenvalue weighted by molar-refractivity contribution is 0.0946. The highest BCUT2D eigenvalue weighted by molar-refractivity contribution is 7.16. The fourth-order valence-corrected chi connectivity index (χ4v) is 4.45. The van der Waals surface area contributed by atoms with Gasteiger partial charge in [-0.2, -0.15) is 0 Å². The maximum absolute atomic E-state index is 12.4. The molecule has 2 aliphatic rings. The van der Waals surface area contributed by atoms with Crippen LogP contribution in [0.4, 0.5) is 0 Å². The zero-order chi connectivity index (χ0) is 15.6. The van der Waals surface area contributed by atoms with Gasteiger partial charge in [-0.25, -0.2) is 15.0 Å². The van der Waals surface area contributed by atoms with Crippen LogP contribution in [0.2, 0.25) is 0 Å². The average molecular weight is 328 g/mol. The summed E-state index contributed by atoms with van der Waals surface area (Å²) in [6.45, 7) is 0.801. The minimum absolute atomic E-state index is 0.0221. The van der Waals surface area contributed by atoms with Crippen molar-refractivity contribution in [2.75, 3.05) is 6.54 Å². The molecule has 0 spiro atoms. The number of nitrogens with one attached hydrogen (secondary N) is 1. The Hall–Kier alpha value is -1.82. The molecule has 2 heterocycles. The Morgan fingerprint density at radius 3 is 2.78 bits per heavy atom. The molecule has 1 N–H and O–H groups in total. The van der Waals surface area contributed by atoms with Gasteiger partial charge in [-0.05, 0) is 49.5 Å². The molecule has 2 saturated carbocycles. The van der Waals surface area contributed by atoms with Gasteiger partial charge in [0.15, 0.2) is 10.8 Å². The van der Waals surface area contributed by atoms with Crippen LogP contribution in [0.25, 0.3) is 10.8 Å². The molecule has 2 fully saturated rings. The standard InChI is InChI=1S/C17H20N4OS/c22-16(20-9-12-3-1-4-13(12)11-5-6-11)14-10-21-17(23-14)15-18-7-2-8-19-15/h2,7-8,10-13H,1,3-6,9H2,(H,20,22)/t12-,13+/m1/s1. The molecule has 0 bridgehead atoms. The van der Waals surface area contributed by atoms with E-state index in [4.69, 9.17) is 0 Å². The number of hydrogen-bond acceptors (Lipinski definition) is 5. The van der Waals surface area contributed by atoms with Crippen molar-refractivity contribution in [1.82, 2.24) is 20.3 Å². The van der Waals surface area contributed by atoms with E-state index in [0.717, 1.165) is 18.4 Å². The van der Waals surface area contributed by atoms with Crippen LogP contribution in [-0.4, -0.2) is 27.4 Å². The molecule has 2 atom stereocenters. The molecule has 0 unspecified atom stereocenters. The first-order chi connectivity index (χ1) is 11.3. The van der Waals surface area contributed by atoms with Gasteiger partial charge < -0.3 is 5.32 Å². The quantitative estimate of drug-likeness (QED) is 0.915. The van der Waals surface area contributed by atoms with Crippen molar-refractivity contribution >= 4 is 17.2 Å². The van der Waals surface area contributed by atoms with Crippen LogP contribution < -0.4 is 5.32 Å². The van der Waals surface area contributed by atoms with Gasteiger partial charge in [0.25, 0.3) is 5.91 Å². The summed E-state index contributed by atoms with van der Waals surface area (Å²) in [5, 5.41) is 3.80. The highest BCUT2D eigenvalue weighted by Crippen LogP contribution is 2.47. The molecule has 1 amide bonds. The Morgan fingerprint density at radius 2 is 2.00 bits per heavy atom. The van der Waals surface area contributed by atoms with E-state index < -0.39 is 0 Å². The van der Waals surface area contributed by atoms with E-state index in [2.05, 4.69) is 20.3 Å². The van der Waals surface area contributed by atoms with Crippen molar-refractivity contribution in [2.45, 2.75) is 32.1 Å². The van der Waals surface area contributed by atoms with Gasteiger partial charge in [0.1, 0.15) is 4.88 Å². The second kappa shape index (κ2) is 6.35. The summed E-state index contributed by atoms with van der Waals surface area (Å²) in [5.74, 6) is 2.98. The Kier molecular flexibility index (Phi) is 4.08. The lowest BCUT2D eigenvalue weighted by Crippen LogP contribution is -2.30. The van der Waals surface area contributed by atoms with Gasteiger partial charge in [0.2, 0.25) is 0 Å². The minimum atomic E-state index is -0.0221. The molecular weight excluding hydrogens is 308 g/mol. The SMILES string of the molecule is O=C(NC[C@H]1CCC[C@H]1C1CC1)c1cnc(-c2ncccn2)s1. The lowest BCUT2D eigenvalue weighted by Gasteiger charge is -2.19. The highest BCUT2D eigenvalue weighted by atomic mass is 32.1. The summed E-state index contributed by atoms with van der Waals surface area (Å²) in [5.41, 5.74) is 0. The Balaban J connectivity index is 1.37. The predicted octanol–water partition coefficient (Wildman–Crippen LogP) is 3.16. The molecule has 0 aromatic carbocycles. The summed E-state index contributed by atoms with van der Waals surface area (Å²) < 4.78 is 0. The first-order valence-electron chi connectivity index (χ1n) is 8.32. The first-order valence-corrected chi connectivity index (χ1v) is 9.14. The second-order valence-electron chi connectivity index (χ2n) is 6.50. The predicted molar refractivity (Wildman–Crippen MR) is 89.0 cm³/mol. The van der Waals surface area contributed by atoms with Crippen LogP contribution in [-0.2, 0) is 0 Å². The number of rotatable bonds is 5. The molecule has 2 aromatic rings. The van der Waals surface area contributed by atoms with Crippen LogP contribution in [0.5, 0.6) is 0 Å². The molecule has 5 nitrogen and oxygen atoms in total. The van der Waals surface area contributed by atoms with Crippen LogP contribution in [0.3, 0.4) is 0 Å². The monoisotopic (exact) mass is 328 g/mol. The third-order valence-electron chi connectivity index (χ3n) is 4.96. The molecule has 0 radical (unpaired) electrons. The van der Waals surface area contributed by atoms with Gasteiger partial charge >= 0.3 is 0 Å². The van der Waals surface area contributed by atoms with Crippen LogP contribution in [0.1, 0.15) is 41.8 Å². The molecule has 2 aliphatic carbocycles. The van der Waals surface area contributed by atoms with Crippen molar-refractivity contribution in [2.24, 2.45) is 17.8 Å². The van der Waals surface area contributed by atoms with Gasteiger partial charge in [0.05, 0.1) is 6.20 Å². The number of nitrogens with zero attached hydrogens (tertiary/aromatic N) is 3. The normalized spacial score (nSPS) is 23.8. The third-order valence-corrected chi connectivity index (χ3v) is 5.95. The van der Waals surface area contributed by atoms with Crippen LogP contribution >= 0.6 is 11.3 Å². The smallest absolute Gasteiger partial charge is 0.263 e. The molecule has 23 heavy (non-hydrogen) atoms. The zero-order valence-electron chi connectivity index (χ0n) is 12.9. The van der Waals surface area contributed by atoms with E-state index >= 15 is 0 Å². The summed E-state index contributed by atoms with van der Waals surface area (Å²) in [4.78, 5) is 25.6. The number of aromatic nitrogens is 3. The van der Waals surface area contributed by atoms with Crippen molar-refractivity contribution in [1.29, 1.82) is 0 Å². The van der Waals surface area contributed by atoms with Crippen LogP contribution in [0.15, 0.2) is 24.7 Å². The molecule has 120 valence electrons. The van der Waals surface area contributed by atoms with Gasteiger partial charge in [-0.1, -0.05) is 6.42 Å². The number of carbonyl (C=O) groups is 1. The van der Waals surface area contributed by atoms with Crippen molar-refractivity contribution in [3.8, 4) is 10.8 Å². The van der Waals surface area contributed by atoms with E-state index in [1.165, 1.54) is 43.4 Å². The number of thiazole rings is 1. The molecule has 0 aliphatic heterocycles. The van der Waals surface area contributed by atoms with E-state index in [-0.39, 0.29) is 5.91 Å². The molecule has 0 saturated heterocycles. The van der Waals surface area contributed by atoms with Gasteiger partial charge in [-0.3, -0.25) is 4.79 Å². The largest absolute Gasteiger partial charge is 0.351 e. The lowest BCUT2D eigenvalue weighted by atomic mass is 9.91. The fourth-order valence-electron chi connectivity index (χ4n) is 3.67. The van der Waals surface area contributed by atoms with Gasteiger partial charge in [0, 0.05) is 18.9 Å². The highest BCUT2D eigenvalue weighted by Gasteiger charge is 2.39. The van der Waals surface area contributed by atoms with Crippen molar-refractivity contribution < 1.29 is 4.79 Å². The third kappa shape index (κ3) is 3.27. The number of carbonyl (C=O) groups excluding carboxylic acids is 1. The Labute approximate surface area is 139 Å². The Bertz CT molecular complexity index is 683.